The summed E-state index contributed by atoms with van der Waals surface area (Å²) in [6.07, 6.45) is 1.89. The number of halogens is 1. The van der Waals surface area contributed by atoms with Crippen LogP contribution in [0.4, 0.5) is 0 Å². The van der Waals surface area contributed by atoms with Crippen LogP contribution < -0.4 is 10.1 Å². The topological polar surface area (TPSA) is 95.6 Å². The number of amides is 1. The summed E-state index contributed by atoms with van der Waals surface area (Å²) < 4.78 is 18.5. The maximum atomic E-state index is 13.8. The SMILES string of the molecule is COC(=O)c1cc(CNC(=O)C2=C(CCCOc3cc(C)c(Cl)c(C)c3)c3cccc(-c4c(C)nn(C)c4C)c3C2)oc1C. The van der Waals surface area contributed by atoms with Gasteiger partial charge in [0.15, 0.2) is 0 Å². The number of furan rings is 1. The molecule has 5 rings (SSSR count). The van der Waals surface area contributed by atoms with E-state index < -0.39 is 5.97 Å². The van der Waals surface area contributed by atoms with Gasteiger partial charge in [0.05, 0.1) is 26.0 Å². The van der Waals surface area contributed by atoms with E-state index in [4.69, 9.17) is 25.5 Å². The number of hydrogen-bond donors (Lipinski definition) is 1. The second-order valence-electron chi connectivity index (χ2n) is 11.3. The molecule has 0 fully saturated rings. The van der Waals surface area contributed by atoms with Gasteiger partial charge in [-0.2, -0.15) is 5.10 Å². The van der Waals surface area contributed by atoms with Gasteiger partial charge in [-0.1, -0.05) is 29.8 Å². The van der Waals surface area contributed by atoms with Crippen molar-refractivity contribution in [1.82, 2.24) is 15.1 Å². The lowest BCUT2D eigenvalue weighted by atomic mass is 9.93. The third kappa shape index (κ3) is 6.04. The maximum Gasteiger partial charge on any atom is 0.341 e. The van der Waals surface area contributed by atoms with Crippen molar-refractivity contribution >= 4 is 29.1 Å². The van der Waals surface area contributed by atoms with Gasteiger partial charge in [-0.15, -0.1) is 0 Å². The summed E-state index contributed by atoms with van der Waals surface area (Å²) in [7, 11) is 3.27. The second kappa shape index (κ2) is 12.7. The van der Waals surface area contributed by atoms with Crippen molar-refractivity contribution in [2.75, 3.05) is 13.7 Å². The van der Waals surface area contributed by atoms with Crippen molar-refractivity contribution in [2.24, 2.45) is 7.05 Å². The maximum absolute atomic E-state index is 13.8. The third-order valence-corrected chi connectivity index (χ3v) is 8.91. The molecule has 2 aromatic carbocycles. The Morgan fingerprint density at radius 2 is 1.77 bits per heavy atom. The first kappa shape index (κ1) is 31.1. The largest absolute Gasteiger partial charge is 0.494 e. The number of carbonyl (C=O) groups is 2. The average molecular weight is 616 g/mol. The standard InChI is InChI=1S/C35H38ClN3O5/c1-19-14-24(15-20(2)33(19)36)43-13-9-12-27-26-10-8-11-28(32-21(3)38-39(6)22(32)4)30(26)17-31(27)34(40)37-18-25-16-29(23(5)44-25)35(41)42-7/h8,10-11,14-16H,9,12-13,17-18H2,1-7H3,(H,37,40). The van der Waals surface area contributed by atoms with E-state index in [0.717, 1.165) is 73.1 Å². The molecule has 9 heteroatoms. The van der Waals surface area contributed by atoms with Crippen LogP contribution in [0.15, 0.2) is 46.4 Å². The van der Waals surface area contributed by atoms with E-state index in [1.54, 1.807) is 13.0 Å². The summed E-state index contributed by atoms with van der Waals surface area (Å²) in [5.41, 5.74) is 10.5. The van der Waals surface area contributed by atoms with Crippen molar-refractivity contribution in [1.29, 1.82) is 0 Å². The van der Waals surface area contributed by atoms with Crippen molar-refractivity contribution in [2.45, 2.75) is 60.4 Å². The highest BCUT2D eigenvalue weighted by atomic mass is 35.5. The van der Waals surface area contributed by atoms with E-state index in [2.05, 4.69) is 35.5 Å². The van der Waals surface area contributed by atoms with E-state index in [1.165, 1.54) is 7.11 Å². The Morgan fingerprint density at radius 1 is 1.07 bits per heavy atom. The Bertz CT molecular complexity index is 1770. The van der Waals surface area contributed by atoms with Gasteiger partial charge in [-0.25, -0.2) is 4.79 Å². The normalized spacial score (nSPS) is 12.5. The molecule has 8 nitrogen and oxygen atoms in total. The summed E-state index contributed by atoms with van der Waals surface area (Å²) >= 11 is 6.33. The van der Waals surface area contributed by atoms with Gasteiger partial charge < -0.3 is 19.2 Å². The van der Waals surface area contributed by atoms with Gasteiger partial charge in [0.2, 0.25) is 5.91 Å². The van der Waals surface area contributed by atoms with Crippen molar-refractivity contribution in [3.63, 3.8) is 0 Å². The molecule has 0 saturated carbocycles. The van der Waals surface area contributed by atoms with Crippen LogP contribution >= 0.6 is 11.6 Å². The smallest absolute Gasteiger partial charge is 0.341 e. The van der Waals surface area contributed by atoms with Crippen LogP contribution in [0.25, 0.3) is 16.7 Å². The molecule has 44 heavy (non-hydrogen) atoms. The highest BCUT2D eigenvalue weighted by molar-refractivity contribution is 6.32. The number of aryl methyl sites for hydroxylation is 5. The zero-order chi connectivity index (χ0) is 31.7. The number of nitrogens with one attached hydrogen (secondary N) is 1. The number of rotatable bonds is 10. The Hall–Kier alpha value is -4.30. The number of nitrogens with zero attached hydrogens (tertiary/aromatic N) is 2. The van der Waals surface area contributed by atoms with Gasteiger partial charge in [-0.3, -0.25) is 9.48 Å². The number of methoxy groups -OCH3 is 1. The molecule has 0 aliphatic heterocycles. The minimum absolute atomic E-state index is 0.149. The van der Waals surface area contributed by atoms with Gasteiger partial charge in [-0.05, 0) is 99.0 Å². The van der Waals surface area contributed by atoms with E-state index in [1.807, 2.05) is 44.6 Å². The van der Waals surface area contributed by atoms with E-state index in [0.29, 0.717) is 36.5 Å². The molecule has 2 heterocycles. The monoisotopic (exact) mass is 615 g/mol. The van der Waals surface area contributed by atoms with Crippen LogP contribution in [0.5, 0.6) is 5.75 Å². The highest BCUT2D eigenvalue weighted by Gasteiger charge is 2.29. The fraction of sp³-hybridized carbons (Fsp3) is 0.343. The molecule has 1 aliphatic carbocycles. The number of allylic oxidation sites excluding steroid dienone is 1. The molecule has 1 aliphatic rings. The average Bonchev–Trinajstić information content (AvgIpc) is 3.64. The van der Waals surface area contributed by atoms with Crippen LogP contribution in [0.1, 0.15) is 68.4 Å². The van der Waals surface area contributed by atoms with Crippen molar-refractivity contribution < 1.29 is 23.5 Å². The highest BCUT2D eigenvalue weighted by Crippen LogP contribution is 2.42. The minimum Gasteiger partial charge on any atom is -0.494 e. The van der Waals surface area contributed by atoms with Crippen LogP contribution in [-0.2, 0) is 29.5 Å². The van der Waals surface area contributed by atoms with Gasteiger partial charge >= 0.3 is 5.97 Å². The summed E-state index contributed by atoms with van der Waals surface area (Å²) in [5, 5.41) is 8.41. The van der Waals surface area contributed by atoms with Crippen molar-refractivity contribution in [3.8, 4) is 16.9 Å². The predicted octanol–water partition coefficient (Wildman–Crippen LogP) is 7.15. The Labute approximate surface area is 263 Å². The fourth-order valence-corrected chi connectivity index (χ4v) is 6.16. The van der Waals surface area contributed by atoms with Gasteiger partial charge in [0.1, 0.15) is 22.8 Å². The minimum atomic E-state index is -0.472. The van der Waals surface area contributed by atoms with E-state index >= 15 is 0 Å². The molecular weight excluding hydrogens is 578 g/mol. The quantitative estimate of drug-likeness (QED) is 0.150. The number of benzene rings is 2. The van der Waals surface area contributed by atoms with Crippen LogP contribution in [0.3, 0.4) is 0 Å². The molecule has 0 atom stereocenters. The molecule has 1 N–H and O–H groups in total. The molecule has 0 unspecified atom stereocenters. The lowest BCUT2D eigenvalue weighted by molar-refractivity contribution is -0.117. The summed E-state index contributed by atoms with van der Waals surface area (Å²) in [6, 6.07) is 11.8. The lowest BCUT2D eigenvalue weighted by Crippen LogP contribution is -2.25. The zero-order valence-electron chi connectivity index (χ0n) is 26.3. The summed E-state index contributed by atoms with van der Waals surface area (Å²) in [4.78, 5) is 25.8. The molecule has 1 amide bonds. The van der Waals surface area contributed by atoms with Gasteiger partial charge in [0.25, 0.3) is 0 Å². The summed E-state index contributed by atoms with van der Waals surface area (Å²) in [5.74, 6) is 1.08. The number of ether oxygens (including phenoxy) is 2. The first-order chi connectivity index (χ1) is 21.0. The van der Waals surface area contributed by atoms with Gasteiger partial charge in [0, 0.05) is 35.3 Å². The number of carbonyl (C=O) groups excluding carboxylic acids is 2. The molecule has 0 bridgehead atoms. The first-order valence-electron chi connectivity index (χ1n) is 14.7. The van der Waals surface area contributed by atoms with Crippen LogP contribution in [-0.4, -0.2) is 35.4 Å². The lowest BCUT2D eigenvalue weighted by Gasteiger charge is -2.13. The zero-order valence-corrected chi connectivity index (χ0v) is 27.1. The molecule has 4 aromatic rings. The molecular formula is C35H38ClN3O5. The number of esters is 1. The Morgan fingerprint density at radius 3 is 2.43 bits per heavy atom. The predicted molar refractivity (Wildman–Crippen MR) is 171 cm³/mol. The number of aromatic nitrogens is 2. The number of fused-ring (bicyclic) bond motifs is 1. The van der Waals surface area contributed by atoms with Crippen LogP contribution in [0, 0.1) is 34.6 Å². The molecule has 0 saturated heterocycles. The first-order valence-corrected chi connectivity index (χ1v) is 15.1. The van der Waals surface area contributed by atoms with E-state index in [-0.39, 0.29) is 12.5 Å². The number of hydrogen-bond acceptors (Lipinski definition) is 6. The van der Waals surface area contributed by atoms with E-state index in [9.17, 15) is 9.59 Å². The fourth-order valence-electron chi connectivity index (χ4n) is 6.05. The summed E-state index contributed by atoms with van der Waals surface area (Å²) in [6.45, 7) is 10.4. The molecule has 230 valence electrons. The molecule has 2 aromatic heterocycles. The van der Waals surface area contributed by atoms with Crippen LogP contribution in [0.2, 0.25) is 5.02 Å². The Kier molecular flexibility index (Phi) is 9.02. The Balaban J connectivity index is 1.40. The third-order valence-electron chi connectivity index (χ3n) is 8.32. The second-order valence-corrected chi connectivity index (χ2v) is 11.7. The van der Waals surface area contributed by atoms with Crippen molar-refractivity contribution in [3.05, 3.63) is 97.7 Å². The molecule has 0 radical (unpaired) electrons. The molecule has 0 spiro atoms.